The van der Waals surface area contributed by atoms with E-state index in [0.29, 0.717) is 27.9 Å². The van der Waals surface area contributed by atoms with Gasteiger partial charge in [0.25, 0.3) is 0 Å². The lowest BCUT2D eigenvalue weighted by atomic mass is 10.1. The van der Waals surface area contributed by atoms with E-state index in [4.69, 9.17) is 25.5 Å². The predicted octanol–water partition coefficient (Wildman–Crippen LogP) is 4.17. The van der Waals surface area contributed by atoms with Crippen molar-refractivity contribution < 1.29 is 13.9 Å². The number of rotatable bonds is 3. The van der Waals surface area contributed by atoms with Crippen LogP contribution in [0.3, 0.4) is 0 Å². The van der Waals surface area contributed by atoms with Crippen molar-refractivity contribution in [2.75, 3.05) is 14.2 Å². The number of hydrogen-bond donors (Lipinski definition) is 0. The van der Waals surface area contributed by atoms with Gasteiger partial charge in [-0.3, -0.25) is 4.98 Å². The zero-order chi connectivity index (χ0) is 14.1. The summed E-state index contributed by atoms with van der Waals surface area (Å²) < 4.78 is 16.3. The van der Waals surface area contributed by atoms with Crippen LogP contribution < -0.4 is 9.47 Å². The van der Waals surface area contributed by atoms with Crippen molar-refractivity contribution in [3.63, 3.8) is 0 Å². The fourth-order valence-electron chi connectivity index (χ4n) is 2.04. The van der Waals surface area contributed by atoms with Gasteiger partial charge >= 0.3 is 0 Å². The molecule has 4 nitrogen and oxygen atoms in total. The van der Waals surface area contributed by atoms with E-state index in [0.717, 1.165) is 11.1 Å². The summed E-state index contributed by atoms with van der Waals surface area (Å²) in [5.74, 6) is 1.99. The molecule has 3 rings (SSSR count). The Hall–Kier alpha value is -2.20. The molecule has 20 heavy (non-hydrogen) atoms. The number of pyridine rings is 1. The highest BCUT2D eigenvalue weighted by atomic mass is 35.5. The minimum atomic E-state index is 0.543. The SMILES string of the molecule is COc1ccc(-c2cc3nccc(Cl)c3o2)cc1OC. The van der Waals surface area contributed by atoms with E-state index in [1.54, 1.807) is 26.5 Å². The lowest BCUT2D eigenvalue weighted by Crippen LogP contribution is -1.90. The van der Waals surface area contributed by atoms with Crippen molar-refractivity contribution in [2.45, 2.75) is 0 Å². The molecular weight excluding hydrogens is 278 g/mol. The van der Waals surface area contributed by atoms with Crippen LogP contribution in [0.1, 0.15) is 0 Å². The van der Waals surface area contributed by atoms with Gasteiger partial charge in [0.1, 0.15) is 11.3 Å². The smallest absolute Gasteiger partial charge is 0.171 e. The maximum absolute atomic E-state index is 6.09. The van der Waals surface area contributed by atoms with Gasteiger partial charge in [-0.15, -0.1) is 0 Å². The van der Waals surface area contributed by atoms with E-state index in [1.165, 1.54) is 0 Å². The molecule has 102 valence electrons. The number of hydrogen-bond acceptors (Lipinski definition) is 4. The maximum Gasteiger partial charge on any atom is 0.171 e. The van der Waals surface area contributed by atoms with E-state index >= 15 is 0 Å². The molecule has 3 aromatic rings. The number of halogens is 1. The monoisotopic (exact) mass is 289 g/mol. The molecule has 2 heterocycles. The van der Waals surface area contributed by atoms with Crippen LogP contribution in [-0.2, 0) is 0 Å². The Labute approximate surface area is 120 Å². The molecule has 0 N–H and O–H groups in total. The standard InChI is InChI=1S/C15H12ClNO3/c1-18-12-4-3-9(7-14(12)19-2)13-8-11-15(20-13)10(16)5-6-17-11/h3-8H,1-2H3. The molecule has 0 aliphatic heterocycles. The van der Waals surface area contributed by atoms with E-state index in [-0.39, 0.29) is 0 Å². The average Bonchev–Trinajstić information content (AvgIpc) is 2.92. The molecule has 5 heteroatoms. The van der Waals surface area contributed by atoms with Crippen LogP contribution in [0.25, 0.3) is 22.4 Å². The van der Waals surface area contributed by atoms with Gasteiger partial charge in [-0.25, -0.2) is 0 Å². The second-order valence-electron chi connectivity index (χ2n) is 4.19. The molecule has 1 aromatic carbocycles. The van der Waals surface area contributed by atoms with Gasteiger partial charge in [-0.2, -0.15) is 0 Å². The highest BCUT2D eigenvalue weighted by molar-refractivity contribution is 6.34. The van der Waals surface area contributed by atoms with Gasteiger partial charge in [-0.05, 0) is 24.3 Å². The van der Waals surface area contributed by atoms with Crippen molar-refractivity contribution in [2.24, 2.45) is 0 Å². The highest BCUT2D eigenvalue weighted by Gasteiger charge is 2.12. The molecule has 0 unspecified atom stereocenters. The number of aromatic nitrogens is 1. The summed E-state index contributed by atoms with van der Waals surface area (Å²) in [5, 5.41) is 0.543. The normalized spacial score (nSPS) is 10.8. The third-order valence-corrected chi connectivity index (χ3v) is 3.33. The zero-order valence-corrected chi connectivity index (χ0v) is 11.8. The van der Waals surface area contributed by atoms with Crippen molar-refractivity contribution in [3.8, 4) is 22.8 Å². The number of fused-ring (bicyclic) bond motifs is 1. The summed E-state index contributed by atoms with van der Waals surface area (Å²) in [6.07, 6.45) is 1.65. The molecule has 0 saturated carbocycles. The lowest BCUT2D eigenvalue weighted by molar-refractivity contribution is 0.355. The van der Waals surface area contributed by atoms with E-state index in [2.05, 4.69) is 4.98 Å². The highest BCUT2D eigenvalue weighted by Crippen LogP contribution is 2.35. The topological polar surface area (TPSA) is 44.5 Å². The molecule has 0 aliphatic carbocycles. The second kappa shape index (κ2) is 5.06. The summed E-state index contributed by atoms with van der Waals surface area (Å²) in [6.45, 7) is 0. The van der Waals surface area contributed by atoms with Crippen LogP contribution in [0.15, 0.2) is 40.9 Å². The molecule has 0 radical (unpaired) electrons. The predicted molar refractivity (Wildman–Crippen MR) is 77.6 cm³/mol. The van der Waals surface area contributed by atoms with Crippen LogP contribution in [0.5, 0.6) is 11.5 Å². The Morgan fingerprint density at radius 2 is 1.85 bits per heavy atom. The van der Waals surface area contributed by atoms with Crippen molar-refractivity contribution in [1.82, 2.24) is 4.98 Å². The van der Waals surface area contributed by atoms with Gasteiger partial charge in [-0.1, -0.05) is 11.6 Å². The van der Waals surface area contributed by atoms with Gasteiger partial charge in [0.15, 0.2) is 17.1 Å². The summed E-state index contributed by atoms with van der Waals surface area (Å²) in [6, 6.07) is 9.13. The first-order valence-corrected chi connectivity index (χ1v) is 6.37. The molecule has 0 amide bonds. The number of ether oxygens (including phenoxy) is 2. The number of methoxy groups -OCH3 is 2. The first-order chi connectivity index (χ1) is 9.72. The minimum absolute atomic E-state index is 0.543. The molecule has 0 fully saturated rings. The van der Waals surface area contributed by atoms with Crippen molar-refractivity contribution in [3.05, 3.63) is 41.6 Å². The third-order valence-electron chi connectivity index (χ3n) is 3.03. The van der Waals surface area contributed by atoms with Gasteiger partial charge in [0.05, 0.1) is 19.2 Å². The number of furan rings is 1. The minimum Gasteiger partial charge on any atom is -0.493 e. The van der Waals surface area contributed by atoms with Gasteiger partial charge < -0.3 is 13.9 Å². The van der Waals surface area contributed by atoms with E-state index < -0.39 is 0 Å². The number of nitrogens with zero attached hydrogens (tertiary/aromatic N) is 1. The summed E-state index contributed by atoms with van der Waals surface area (Å²) >= 11 is 6.09. The summed E-state index contributed by atoms with van der Waals surface area (Å²) in [7, 11) is 3.20. The maximum atomic E-state index is 6.09. The quantitative estimate of drug-likeness (QED) is 0.726. The largest absolute Gasteiger partial charge is 0.493 e. The van der Waals surface area contributed by atoms with Gasteiger partial charge in [0.2, 0.25) is 0 Å². The molecule has 2 aromatic heterocycles. The zero-order valence-electron chi connectivity index (χ0n) is 11.0. The molecule has 0 atom stereocenters. The van der Waals surface area contributed by atoms with Crippen LogP contribution in [0.4, 0.5) is 0 Å². The molecule has 0 bridgehead atoms. The van der Waals surface area contributed by atoms with Crippen LogP contribution >= 0.6 is 11.6 Å². The van der Waals surface area contributed by atoms with Crippen LogP contribution in [0, 0.1) is 0 Å². The molecule has 0 spiro atoms. The van der Waals surface area contributed by atoms with Gasteiger partial charge in [0, 0.05) is 17.8 Å². The molecule has 0 saturated heterocycles. The Morgan fingerprint density at radius 3 is 2.55 bits per heavy atom. The van der Waals surface area contributed by atoms with Crippen molar-refractivity contribution >= 4 is 22.7 Å². The lowest BCUT2D eigenvalue weighted by Gasteiger charge is -2.08. The third kappa shape index (κ3) is 2.08. The summed E-state index contributed by atoms with van der Waals surface area (Å²) in [5.41, 5.74) is 2.18. The van der Waals surface area contributed by atoms with Crippen LogP contribution in [-0.4, -0.2) is 19.2 Å². The Morgan fingerprint density at radius 1 is 1.05 bits per heavy atom. The fourth-order valence-corrected chi connectivity index (χ4v) is 2.23. The Bertz CT molecular complexity index is 767. The molecular formula is C15H12ClNO3. The summed E-state index contributed by atoms with van der Waals surface area (Å²) in [4.78, 5) is 4.23. The van der Waals surface area contributed by atoms with Crippen LogP contribution in [0.2, 0.25) is 5.02 Å². The van der Waals surface area contributed by atoms with E-state index in [9.17, 15) is 0 Å². The Balaban J connectivity index is 2.13. The number of benzene rings is 1. The average molecular weight is 290 g/mol. The first kappa shape index (κ1) is 12.8. The molecule has 0 aliphatic rings. The van der Waals surface area contributed by atoms with E-state index in [1.807, 2.05) is 24.3 Å². The first-order valence-electron chi connectivity index (χ1n) is 5.99. The second-order valence-corrected chi connectivity index (χ2v) is 4.59. The fraction of sp³-hybridized carbons (Fsp3) is 0.133. The van der Waals surface area contributed by atoms with Crippen molar-refractivity contribution in [1.29, 1.82) is 0 Å². The Kier molecular flexibility index (Phi) is 3.24.